The van der Waals surface area contributed by atoms with E-state index in [0.717, 1.165) is 5.56 Å². The lowest BCUT2D eigenvalue weighted by atomic mass is 10.0. The van der Waals surface area contributed by atoms with Crippen LogP contribution >= 0.6 is 0 Å². The highest BCUT2D eigenvalue weighted by Crippen LogP contribution is 2.19. The average Bonchev–Trinajstić information content (AvgIpc) is 3.21. The van der Waals surface area contributed by atoms with Crippen molar-refractivity contribution in [2.45, 2.75) is 51.8 Å². The molecule has 1 aliphatic heterocycles. The van der Waals surface area contributed by atoms with Gasteiger partial charge in [0.1, 0.15) is 19.2 Å². The highest BCUT2D eigenvalue weighted by molar-refractivity contribution is 6.00. The number of carbonyl (C=O) groups is 4. The van der Waals surface area contributed by atoms with Gasteiger partial charge in [-0.3, -0.25) is 29.8 Å². The number of hydrogen-bond donors (Lipinski definition) is 3. The largest absolute Gasteiger partial charge is 0.445 e. The predicted octanol–water partition coefficient (Wildman–Crippen LogP) is 1.02. The van der Waals surface area contributed by atoms with Crippen molar-refractivity contribution in [2.24, 2.45) is 11.7 Å². The van der Waals surface area contributed by atoms with E-state index in [1.54, 1.807) is 0 Å². The number of hydroxylamine groups is 2. The first-order valence-corrected chi connectivity index (χ1v) is 10.3. The van der Waals surface area contributed by atoms with E-state index in [4.69, 9.17) is 10.5 Å². The molecule has 0 aliphatic carbocycles. The number of nitrogens with two attached hydrogens (primary N) is 1. The van der Waals surface area contributed by atoms with Crippen LogP contribution in [-0.4, -0.2) is 64.2 Å². The van der Waals surface area contributed by atoms with Gasteiger partial charge in [0.15, 0.2) is 0 Å². The van der Waals surface area contributed by atoms with Gasteiger partial charge in [0.2, 0.25) is 11.8 Å². The van der Waals surface area contributed by atoms with Crippen LogP contribution < -0.4 is 11.1 Å². The zero-order valence-electron chi connectivity index (χ0n) is 17.8. The molecule has 1 aliphatic rings. The third-order valence-electron chi connectivity index (χ3n) is 4.85. The Labute approximate surface area is 181 Å². The van der Waals surface area contributed by atoms with Crippen LogP contribution in [0.15, 0.2) is 30.3 Å². The Balaban J connectivity index is 1.84. The molecule has 31 heavy (non-hydrogen) atoms. The van der Waals surface area contributed by atoms with Gasteiger partial charge < -0.3 is 10.5 Å². The van der Waals surface area contributed by atoms with Crippen LogP contribution in [0.5, 0.6) is 0 Å². The molecule has 10 nitrogen and oxygen atoms in total. The molecule has 1 aromatic carbocycles. The lowest BCUT2D eigenvalue weighted by Gasteiger charge is -2.24. The first kappa shape index (κ1) is 24.3. The van der Waals surface area contributed by atoms with E-state index in [-0.39, 0.29) is 17.6 Å². The molecular formula is C21H30N4O6. The van der Waals surface area contributed by atoms with Crippen molar-refractivity contribution in [1.29, 1.82) is 0 Å². The summed E-state index contributed by atoms with van der Waals surface area (Å²) in [5.74, 6) is -2.23. The van der Waals surface area contributed by atoms with Crippen molar-refractivity contribution in [3.63, 3.8) is 0 Å². The number of rotatable bonds is 8. The maximum absolute atomic E-state index is 12.5. The standard InChI is InChI=1S/C21H30N4O6/c1-14(2)11-16(22)20(28)25(30)12-18(26)23-19(27)17-9-6-10-24(17)21(29)31-13-15-7-4-3-5-8-15/h3-5,7-8,14,16-17,30H,6,9-13,22H2,1-2H3,(H,23,26,27)/t16-,17+/m0/s1. The Hall–Kier alpha value is -2.98. The predicted molar refractivity (Wildman–Crippen MR) is 110 cm³/mol. The fourth-order valence-corrected chi connectivity index (χ4v) is 3.33. The van der Waals surface area contributed by atoms with Gasteiger partial charge in [0.25, 0.3) is 5.91 Å². The monoisotopic (exact) mass is 434 g/mol. The minimum atomic E-state index is -0.946. The summed E-state index contributed by atoms with van der Waals surface area (Å²) in [4.78, 5) is 50.2. The lowest BCUT2D eigenvalue weighted by molar-refractivity contribution is -0.170. The summed E-state index contributed by atoms with van der Waals surface area (Å²) < 4.78 is 5.27. The molecule has 10 heteroatoms. The van der Waals surface area contributed by atoms with Crippen molar-refractivity contribution in [1.82, 2.24) is 15.3 Å². The van der Waals surface area contributed by atoms with Gasteiger partial charge in [-0.2, -0.15) is 0 Å². The minimum Gasteiger partial charge on any atom is -0.445 e. The summed E-state index contributed by atoms with van der Waals surface area (Å²) in [5.41, 5.74) is 6.52. The Morgan fingerprint density at radius 2 is 1.94 bits per heavy atom. The molecule has 4 amide bonds. The summed E-state index contributed by atoms with van der Waals surface area (Å²) in [6.07, 6.45) is 0.660. The van der Waals surface area contributed by atoms with Crippen LogP contribution in [0.1, 0.15) is 38.7 Å². The third-order valence-corrected chi connectivity index (χ3v) is 4.85. The van der Waals surface area contributed by atoms with Crippen LogP contribution in [-0.2, 0) is 25.7 Å². The average molecular weight is 434 g/mol. The fraction of sp³-hybridized carbons (Fsp3) is 0.524. The second kappa shape index (κ2) is 11.4. The van der Waals surface area contributed by atoms with Crippen LogP contribution in [0.2, 0.25) is 0 Å². The highest BCUT2D eigenvalue weighted by atomic mass is 16.6. The number of hydrogen-bond acceptors (Lipinski definition) is 7. The molecule has 0 saturated carbocycles. The van der Waals surface area contributed by atoms with E-state index >= 15 is 0 Å². The summed E-state index contributed by atoms with van der Waals surface area (Å²) in [6, 6.07) is 7.32. The molecule has 1 heterocycles. The van der Waals surface area contributed by atoms with E-state index in [1.807, 2.05) is 44.2 Å². The molecular weight excluding hydrogens is 404 g/mol. The van der Waals surface area contributed by atoms with Gasteiger partial charge in [0, 0.05) is 6.54 Å². The van der Waals surface area contributed by atoms with Crippen molar-refractivity contribution in [2.75, 3.05) is 13.1 Å². The maximum Gasteiger partial charge on any atom is 0.410 e. The van der Waals surface area contributed by atoms with Gasteiger partial charge in [-0.25, -0.2) is 9.86 Å². The molecule has 2 rings (SSSR count). The number of carbonyl (C=O) groups excluding carboxylic acids is 4. The first-order valence-electron chi connectivity index (χ1n) is 10.3. The highest BCUT2D eigenvalue weighted by Gasteiger charge is 2.36. The normalized spacial score (nSPS) is 16.7. The van der Waals surface area contributed by atoms with Gasteiger partial charge in [-0.05, 0) is 30.7 Å². The number of likely N-dealkylation sites (tertiary alicyclic amines) is 1. The van der Waals surface area contributed by atoms with Crippen molar-refractivity contribution < 1.29 is 29.1 Å². The molecule has 0 unspecified atom stereocenters. The molecule has 0 spiro atoms. The molecule has 0 radical (unpaired) electrons. The number of ether oxygens (including phenoxy) is 1. The van der Waals surface area contributed by atoms with Crippen molar-refractivity contribution >= 4 is 23.8 Å². The van der Waals surface area contributed by atoms with E-state index in [2.05, 4.69) is 5.32 Å². The summed E-state index contributed by atoms with van der Waals surface area (Å²) in [7, 11) is 0. The number of amides is 4. The van der Waals surface area contributed by atoms with Crippen molar-refractivity contribution in [3.05, 3.63) is 35.9 Å². The van der Waals surface area contributed by atoms with Crippen LogP contribution in [0.3, 0.4) is 0 Å². The molecule has 0 aromatic heterocycles. The van der Waals surface area contributed by atoms with Crippen LogP contribution in [0.25, 0.3) is 0 Å². The number of nitrogens with zero attached hydrogens (tertiary/aromatic N) is 2. The topological polar surface area (TPSA) is 142 Å². The number of nitrogens with one attached hydrogen (secondary N) is 1. The first-order chi connectivity index (χ1) is 14.7. The maximum atomic E-state index is 12.5. The molecule has 1 aromatic rings. The molecule has 1 saturated heterocycles. The molecule has 1 fully saturated rings. The van der Waals surface area contributed by atoms with Crippen LogP contribution in [0.4, 0.5) is 4.79 Å². The SMILES string of the molecule is CC(C)C[C@H](N)C(=O)N(O)CC(=O)NC(=O)[C@H]1CCCN1C(=O)OCc1ccccc1. The molecule has 4 N–H and O–H groups in total. The lowest BCUT2D eigenvalue weighted by Crippen LogP contribution is -2.51. The zero-order valence-corrected chi connectivity index (χ0v) is 17.8. The second-order valence-electron chi connectivity index (χ2n) is 7.94. The smallest absolute Gasteiger partial charge is 0.410 e. The van der Waals surface area contributed by atoms with E-state index in [9.17, 15) is 24.4 Å². The van der Waals surface area contributed by atoms with E-state index < -0.39 is 42.4 Å². The number of imide groups is 1. The number of benzene rings is 1. The Morgan fingerprint density at radius 1 is 1.26 bits per heavy atom. The Kier molecular flexibility index (Phi) is 8.95. The summed E-state index contributed by atoms with van der Waals surface area (Å²) >= 11 is 0. The second-order valence-corrected chi connectivity index (χ2v) is 7.94. The Morgan fingerprint density at radius 3 is 2.58 bits per heavy atom. The van der Waals surface area contributed by atoms with Gasteiger partial charge in [0.05, 0.1) is 6.04 Å². The molecule has 0 bridgehead atoms. The van der Waals surface area contributed by atoms with E-state index in [0.29, 0.717) is 25.8 Å². The summed E-state index contributed by atoms with van der Waals surface area (Å²) in [5, 5.41) is 12.1. The van der Waals surface area contributed by atoms with Gasteiger partial charge in [-0.15, -0.1) is 0 Å². The van der Waals surface area contributed by atoms with Gasteiger partial charge in [-0.1, -0.05) is 44.2 Å². The fourth-order valence-electron chi connectivity index (χ4n) is 3.33. The minimum absolute atomic E-state index is 0.0711. The zero-order chi connectivity index (χ0) is 23.0. The summed E-state index contributed by atoms with van der Waals surface area (Å²) in [6.45, 7) is 3.41. The molecule has 170 valence electrons. The Bertz CT molecular complexity index is 785. The molecule has 2 atom stereocenters. The third kappa shape index (κ3) is 7.34. The van der Waals surface area contributed by atoms with Crippen molar-refractivity contribution in [3.8, 4) is 0 Å². The van der Waals surface area contributed by atoms with Crippen LogP contribution in [0, 0.1) is 5.92 Å². The quantitative estimate of drug-likeness (QED) is 0.409. The van der Waals surface area contributed by atoms with Gasteiger partial charge >= 0.3 is 6.09 Å². The van der Waals surface area contributed by atoms with E-state index in [1.165, 1.54) is 4.90 Å².